The highest BCUT2D eigenvalue weighted by Crippen LogP contribution is 2.18. The number of thioether (sulfide) groups is 1. The third-order valence-electron chi connectivity index (χ3n) is 3.79. The Labute approximate surface area is 156 Å². The van der Waals surface area contributed by atoms with Gasteiger partial charge in [-0.25, -0.2) is 0 Å². The number of hydrogen-bond acceptors (Lipinski definition) is 5. The van der Waals surface area contributed by atoms with Crippen LogP contribution in [0.15, 0.2) is 54.2 Å². The van der Waals surface area contributed by atoms with Gasteiger partial charge in [0, 0.05) is 24.3 Å². The van der Waals surface area contributed by atoms with Crippen LogP contribution in [0.3, 0.4) is 0 Å². The van der Waals surface area contributed by atoms with E-state index < -0.39 is 0 Å². The molecule has 0 fully saturated rings. The summed E-state index contributed by atoms with van der Waals surface area (Å²) in [5, 5.41) is 16.0. The highest BCUT2D eigenvalue weighted by Gasteiger charge is 2.11. The number of rotatable bonds is 8. The van der Waals surface area contributed by atoms with Gasteiger partial charge in [0.05, 0.1) is 18.5 Å². The van der Waals surface area contributed by atoms with Gasteiger partial charge in [0.15, 0.2) is 5.16 Å². The molecule has 0 atom stereocenters. The number of carbonyl (C=O) groups excluding carboxylic acids is 1. The highest BCUT2D eigenvalue weighted by atomic mass is 32.2. The predicted molar refractivity (Wildman–Crippen MR) is 101 cm³/mol. The lowest BCUT2D eigenvalue weighted by atomic mass is 10.2. The number of carbonyl (C=O) groups is 1. The molecule has 0 radical (unpaired) electrons. The Balaban J connectivity index is 1.45. The van der Waals surface area contributed by atoms with Crippen molar-refractivity contribution in [2.45, 2.75) is 38.1 Å². The fourth-order valence-electron chi connectivity index (χ4n) is 2.43. The number of benzene rings is 1. The lowest BCUT2D eigenvalue weighted by Gasteiger charge is -2.09. The Bertz CT molecular complexity index is 842. The van der Waals surface area contributed by atoms with Crippen molar-refractivity contribution in [1.29, 1.82) is 0 Å². The van der Waals surface area contributed by atoms with Crippen molar-refractivity contribution in [2.75, 3.05) is 5.75 Å². The number of aromatic nitrogens is 5. The van der Waals surface area contributed by atoms with Crippen molar-refractivity contribution in [3.8, 4) is 0 Å². The summed E-state index contributed by atoms with van der Waals surface area (Å²) in [4.78, 5) is 12.1. The number of amides is 1. The van der Waals surface area contributed by atoms with Gasteiger partial charge in [-0.3, -0.25) is 9.48 Å². The maximum Gasteiger partial charge on any atom is 0.230 e. The first-order chi connectivity index (χ1) is 12.6. The van der Waals surface area contributed by atoms with Crippen molar-refractivity contribution in [3.63, 3.8) is 0 Å². The minimum absolute atomic E-state index is 0.0379. The van der Waals surface area contributed by atoms with Crippen LogP contribution < -0.4 is 5.32 Å². The van der Waals surface area contributed by atoms with Crippen molar-refractivity contribution in [2.24, 2.45) is 0 Å². The fourth-order valence-corrected chi connectivity index (χ4v) is 3.30. The van der Waals surface area contributed by atoms with Crippen LogP contribution in [0.5, 0.6) is 0 Å². The standard InChI is InChI=1S/C18H22N6OS/c1-14(2)24-13-20-22-18(24)26-12-17(25)19-8-16-9-21-23(11-16)10-15-6-4-3-5-7-15/h3-7,9,11,13-14H,8,10,12H2,1-2H3,(H,19,25). The van der Waals surface area contributed by atoms with E-state index in [0.29, 0.717) is 12.3 Å². The second-order valence-electron chi connectivity index (χ2n) is 6.21. The Morgan fingerprint density at radius 3 is 2.81 bits per heavy atom. The molecule has 7 nitrogen and oxygen atoms in total. The van der Waals surface area contributed by atoms with E-state index in [-0.39, 0.29) is 11.9 Å². The molecule has 8 heteroatoms. The fraction of sp³-hybridized carbons (Fsp3) is 0.333. The summed E-state index contributed by atoms with van der Waals surface area (Å²) >= 11 is 1.39. The quantitative estimate of drug-likeness (QED) is 0.617. The maximum absolute atomic E-state index is 12.1. The third-order valence-corrected chi connectivity index (χ3v) is 4.75. The molecule has 0 spiro atoms. The molecule has 3 rings (SSSR count). The molecule has 1 amide bonds. The Hall–Kier alpha value is -2.61. The van der Waals surface area contributed by atoms with Crippen molar-refractivity contribution < 1.29 is 4.79 Å². The van der Waals surface area contributed by atoms with E-state index in [1.54, 1.807) is 12.5 Å². The lowest BCUT2D eigenvalue weighted by Crippen LogP contribution is -2.24. The zero-order valence-corrected chi connectivity index (χ0v) is 15.7. The third kappa shape index (κ3) is 4.95. The van der Waals surface area contributed by atoms with E-state index >= 15 is 0 Å². The Morgan fingerprint density at radius 1 is 1.23 bits per heavy atom. The Morgan fingerprint density at radius 2 is 2.04 bits per heavy atom. The minimum Gasteiger partial charge on any atom is -0.351 e. The van der Waals surface area contributed by atoms with E-state index in [4.69, 9.17) is 0 Å². The molecule has 1 N–H and O–H groups in total. The molecule has 136 valence electrons. The molecular weight excluding hydrogens is 348 g/mol. The van der Waals surface area contributed by atoms with Crippen LogP contribution in [0.25, 0.3) is 0 Å². The normalized spacial score (nSPS) is 11.0. The number of hydrogen-bond donors (Lipinski definition) is 1. The largest absolute Gasteiger partial charge is 0.351 e. The molecule has 0 saturated carbocycles. The van der Waals surface area contributed by atoms with Gasteiger partial charge in [-0.2, -0.15) is 5.10 Å². The van der Waals surface area contributed by atoms with Gasteiger partial charge in [-0.1, -0.05) is 42.1 Å². The summed E-state index contributed by atoms with van der Waals surface area (Å²) in [6.07, 6.45) is 5.42. The molecule has 26 heavy (non-hydrogen) atoms. The van der Waals surface area contributed by atoms with Gasteiger partial charge in [-0.15, -0.1) is 10.2 Å². The van der Waals surface area contributed by atoms with Gasteiger partial charge >= 0.3 is 0 Å². The molecule has 2 heterocycles. The summed E-state index contributed by atoms with van der Waals surface area (Å²) in [6.45, 7) is 5.29. The summed E-state index contributed by atoms with van der Waals surface area (Å²) in [7, 11) is 0. The van der Waals surface area contributed by atoms with E-state index in [9.17, 15) is 4.79 Å². The van der Waals surface area contributed by atoms with Crippen LogP contribution in [-0.4, -0.2) is 36.2 Å². The predicted octanol–water partition coefficient (Wildman–Crippen LogP) is 2.51. The molecule has 3 aromatic rings. The maximum atomic E-state index is 12.1. The first-order valence-corrected chi connectivity index (χ1v) is 9.44. The van der Waals surface area contributed by atoms with Crippen LogP contribution in [0.4, 0.5) is 0 Å². The summed E-state index contributed by atoms with van der Waals surface area (Å²) in [6, 6.07) is 10.4. The van der Waals surface area contributed by atoms with Gasteiger partial charge in [0.2, 0.25) is 5.91 Å². The smallest absolute Gasteiger partial charge is 0.230 e. The van der Waals surface area contributed by atoms with Gasteiger partial charge in [-0.05, 0) is 19.4 Å². The highest BCUT2D eigenvalue weighted by molar-refractivity contribution is 7.99. The molecule has 1 aromatic carbocycles. The van der Waals surface area contributed by atoms with Crippen molar-refractivity contribution in [1.82, 2.24) is 29.9 Å². The second kappa shape index (κ2) is 8.66. The first-order valence-electron chi connectivity index (χ1n) is 8.46. The molecular formula is C18H22N6OS. The zero-order valence-electron chi connectivity index (χ0n) is 14.9. The van der Waals surface area contributed by atoms with Crippen LogP contribution in [0.2, 0.25) is 0 Å². The molecule has 0 unspecified atom stereocenters. The summed E-state index contributed by atoms with van der Waals surface area (Å²) in [5.41, 5.74) is 2.17. The summed E-state index contributed by atoms with van der Waals surface area (Å²) < 4.78 is 3.82. The molecule has 0 aliphatic heterocycles. The van der Waals surface area contributed by atoms with Crippen molar-refractivity contribution >= 4 is 17.7 Å². The summed E-state index contributed by atoms with van der Waals surface area (Å²) in [5.74, 6) is 0.271. The van der Waals surface area contributed by atoms with Gasteiger partial charge in [0.25, 0.3) is 0 Å². The topological polar surface area (TPSA) is 77.6 Å². The Kier molecular flexibility index (Phi) is 6.06. The first kappa shape index (κ1) is 18.2. The zero-order chi connectivity index (χ0) is 18.4. The van der Waals surface area contributed by atoms with E-state index in [1.807, 2.05) is 33.6 Å². The van der Waals surface area contributed by atoms with Crippen molar-refractivity contribution in [3.05, 3.63) is 60.2 Å². The molecule has 2 aromatic heterocycles. The molecule has 0 saturated heterocycles. The average Bonchev–Trinajstić information content (AvgIpc) is 3.28. The molecule has 0 aliphatic rings. The van der Waals surface area contributed by atoms with E-state index in [2.05, 4.69) is 46.6 Å². The van der Waals surface area contributed by atoms with Gasteiger partial charge in [0.1, 0.15) is 6.33 Å². The van der Waals surface area contributed by atoms with Crippen LogP contribution in [-0.2, 0) is 17.9 Å². The number of nitrogens with zero attached hydrogens (tertiary/aromatic N) is 5. The van der Waals surface area contributed by atoms with Crippen LogP contribution >= 0.6 is 11.8 Å². The minimum atomic E-state index is -0.0379. The monoisotopic (exact) mass is 370 g/mol. The average molecular weight is 370 g/mol. The lowest BCUT2D eigenvalue weighted by molar-refractivity contribution is -0.118. The van der Waals surface area contributed by atoms with E-state index in [1.165, 1.54) is 17.3 Å². The second-order valence-corrected chi connectivity index (χ2v) is 7.15. The number of nitrogens with one attached hydrogen (secondary N) is 1. The van der Waals surface area contributed by atoms with E-state index in [0.717, 1.165) is 17.3 Å². The van der Waals surface area contributed by atoms with Gasteiger partial charge < -0.3 is 9.88 Å². The van der Waals surface area contributed by atoms with Crippen LogP contribution in [0.1, 0.15) is 31.0 Å². The van der Waals surface area contributed by atoms with Crippen LogP contribution in [0, 0.1) is 0 Å². The SMILES string of the molecule is CC(C)n1cnnc1SCC(=O)NCc1cnn(Cc2ccccc2)c1. The molecule has 0 aliphatic carbocycles. The molecule has 0 bridgehead atoms.